The van der Waals surface area contributed by atoms with Crippen LogP contribution in [0.4, 0.5) is 0 Å². The number of carbonyl (C=O) groups excluding carboxylic acids is 1. The highest BCUT2D eigenvalue weighted by Gasteiger charge is 2.26. The van der Waals surface area contributed by atoms with Crippen LogP contribution in [0.3, 0.4) is 0 Å². The van der Waals surface area contributed by atoms with Crippen molar-refractivity contribution in [2.45, 2.75) is 238 Å². The normalized spacial score (nSPS) is 13.8. The summed E-state index contributed by atoms with van der Waals surface area (Å²) < 4.78 is 35.1. The summed E-state index contributed by atoms with van der Waals surface area (Å²) in [5.74, 6) is -0.313. The first-order chi connectivity index (χ1) is 28.6. The van der Waals surface area contributed by atoms with Crippen LogP contribution in [0.25, 0.3) is 0 Å². The number of ether oxygens (including phenoxy) is 2. The number of allylic oxidation sites excluding steroid dienone is 4. The quantitative estimate of drug-likeness (QED) is 0.0214. The molecule has 0 saturated heterocycles. The maximum absolute atomic E-state index is 12.7. The first-order valence-corrected chi connectivity index (χ1v) is 26.6. The van der Waals surface area contributed by atoms with E-state index in [0.29, 0.717) is 24.1 Å². The Kier molecular flexibility index (Phi) is 42.9. The summed E-state index contributed by atoms with van der Waals surface area (Å²) in [7, 11) is 1.67. The highest BCUT2D eigenvalue weighted by atomic mass is 31.2. The van der Waals surface area contributed by atoms with E-state index >= 15 is 0 Å². The van der Waals surface area contributed by atoms with Gasteiger partial charge in [-0.2, -0.15) is 0 Å². The van der Waals surface area contributed by atoms with E-state index in [0.717, 1.165) is 44.9 Å². The molecule has 350 valence electrons. The lowest BCUT2D eigenvalue weighted by atomic mass is 10.0. The molecule has 0 saturated carbocycles. The van der Waals surface area contributed by atoms with Crippen molar-refractivity contribution in [2.75, 3.05) is 54.1 Å². The zero-order valence-corrected chi connectivity index (χ0v) is 40.6. The van der Waals surface area contributed by atoms with Gasteiger partial charge in [0.2, 0.25) is 0 Å². The number of esters is 1. The molecule has 0 heterocycles. The summed E-state index contributed by atoms with van der Waals surface area (Å²) >= 11 is 0. The molecular weight excluding hydrogens is 758 g/mol. The Labute approximate surface area is 366 Å². The van der Waals surface area contributed by atoms with Crippen LogP contribution in [0.2, 0.25) is 0 Å². The van der Waals surface area contributed by atoms with E-state index in [2.05, 4.69) is 38.2 Å². The molecule has 0 rings (SSSR count). The van der Waals surface area contributed by atoms with Crippen LogP contribution in [-0.2, 0) is 27.9 Å². The molecule has 1 N–H and O–H groups in total. The Morgan fingerprint density at radius 1 is 0.525 bits per heavy atom. The third-order valence-corrected chi connectivity index (χ3v) is 12.0. The van der Waals surface area contributed by atoms with Crippen LogP contribution in [0.15, 0.2) is 24.3 Å². The smallest absolute Gasteiger partial charge is 0.457 e. The topological polar surface area (TPSA) is 91.3 Å². The Morgan fingerprint density at radius 3 is 1.39 bits per heavy atom. The molecule has 2 atom stereocenters. The first kappa shape index (κ1) is 58.0. The van der Waals surface area contributed by atoms with Crippen LogP contribution < -0.4 is 0 Å². The van der Waals surface area contributed by atoms with Crippen LogP contribution >= 0.6 is 7.82 Å². The average Bonchev–Trinajstić information content (AvgIpc) is 3.19. The van der Waals surface area contributed by atoms with Gasteiger partial charge in [0, 0.05) is 13.0 Å². The zero-order valence-electron chi connectivity index (χ0n) is 39.8. The molecule has 9 heteroatoms. The summed E-state index contributed by atoms with van der Waals surface area (Å²) in [4.78, 5) is 23.0. The molecule has 59 heavy (non-hydrogen) atoms. The number of nitrogens with zero attached hydrogens (tertiary/aromatic N) is 1. The molecule has 0 aliphatic carbocycles. The second kappa shape index (κ2) is 43.6. The minimum absolute atomic E-state index is 0.0886. The number of carbonyl (C=O) groups is 1. The van der Waals surface area contributed by atoms with Gasteiger partial charge in [0.25, 0.3) is 0 Å². The predicted molar refractivity (Wildman–Crippen MR) is 252 cm³/mol. The number of hydrogen-bond donors (Lipinski definition) is 1. The van der Waals surface area contributed by atoms with Gasteiger partial charge in [0.15, 0.2) is 0 Å². The molecule has 0 bridgehead atoms. The number of quaternary nitrogens is 1. The van der Waals surface area contributed by atoms with Crippen LogP contribution in [-0.4, -0.2) is 75.6 Å². The van der Waals surface area contributed by atoms with E-state index in [-0.39, 0.29) is 25.8 Å². The van der Waals surface area contributed by atoms with Gasteiger partial charge in [-0.05, 0) is 44.9 Å². The van der Waals surface area contributed by atoms with Gasteiger partial charge >= 0.3 is 13.8 Å². The third-order valence-electron chi connectivity index (χ3n) is 11.0. The number of likely N-dealkylation sites (N-methyl/N-ethyl adjacent to an activating group) is 1. The van der Waals surface area contributed by atoms with Gasteiger partial charge in [-0.1, -0.05) is 205 Å². The van der Waals surface area contributed by atoms with Crippen molar-refractivity contribution < 1.29 is 37.3 Å². The lowest BCUT2D eigenvalue weighted by Crippen LogP contribution is -2.37. The summed E-state index contributed by atoms with van der Waals surface area (Å²) in [6.07, 6.45) is 50.7. The molecule has 0 aliphatic heterocycles. The number of unbranched alkanes of at least 4 members (excludes halogenated alkanes) is 29. The minimum atomic E-state index is -4.28. The van der Waals surface area contributed by atoms with Crippen LogP contribution in [0.5, 0.6) is 0 Å². The second-order valence-corrected chi connectivity index (χ2v) is 19.7. The summed E-state index contributed by atoms with van der Waals surface area (Å²) in [6.45, 7) is 5.63. The molecule has 2 unspecified atom stereocenters. The van der Waals surface area contributed by atoms with Crippen molar-refractivity contribution >= 4 is 13.8 Å². The SMILES string of the molecule is CCCCCC/C=C\C/C=C\CCCCCCCCOCC(COP(=O)(O)OCC[N+](C)(C)C)OC(=O)CCCCCCCCCCCCCCCCCCCCCC. The summed E-state index contributed by atoms with van der Waals surface area (Å²) in [5, 5.41) is 0. The predicted octanol–water partition coefficient (Wildman–Crippen LogP) is 15.2. The van der Waals surface area contributed by atoms with E-state index in [9.17, 15) is 14.3 Å². The van der Waals surface area contributed by atoms with Crippen LogP contribution in [0.1, 0.15) is 232 Å². The maximum Gasteiger partial charge on any atom is 0.472 e. The molecule has 0 radical (unpaired) electrons. The fourth-order valence-electron chi connectivity index (χ4n) is 7.11. The molecule has 0 aromatic heterocycles. The zero-order chi connectivity index (χ0) is 43.4. The monoisotopic (exact) mass is 857 g/mol. The largest absolute Gasteiger partial charge is 0.472 e. The molecule has 0 amide bonds. The van der Waals surface area contributed by atoms with Crippen molar-refractivity contribution in [2.24, 2.45) is 0 Å². The van der Waals surface area contributed by atoms with Gasteiger partial charge < -0.3 is 18.9 Å². The first-order valence-electron chi connectivity index (χ1n) is 25.1. The maximum atomic E-state index is 12.7. The number of rotatable bonds is 47. The molecular formula is C50H99NO7P+. The third kappa shape index (κ3) is 47.9. The lowest BCUT2D eigenvalue weighted by molar-refractivity contribution is -0.870. The Morgan fingerprint density at radius 2 is 0.932 bits per heavy atom. The second-order valence-electron chi connectivity index (χ2n) is 18.2. The van der Waals surface area contributed by atoms with Gasteiger partial charge in [-0.3, -0.25) is 13.8 Å². The molecule has 0 aromatic carbocycles. The van der Waals surface area contributed by atoms with E-state index in [1.807, 2.05) is 21.1 Å². The number of hydrogen-bond acceptors (Lipinski definition) is 6. The Bertz CT molecular complexity index is 998. The van der Waals surface area contributed by atoms with Crippen molar-refractivity contribution in [3.63, 3.8) is 0 Å². The van der Waals surface area contributed by atoms with E-state index in [4.69, 9.17) is 18.5 Å². The molecule has 0 aromatic rings. The highest BCUT2D eigenvalue weighted by Crippen LogP contribution is 2.43. The average molecular weight is 857 g/mol. The minimum Gasteiger partial charge on any atom is -0.457 e. The standard InChI is InChI=1S/C50H98NO7P/c1-6-8-10-12-14-16-18-20-22-24-25-26-27-29-31-33-35-37-39-41-43-50(52)58-49(48-57-59(53,54)56-46-44-51(3,4)5)47-55-45-42-40-38-36-34-32-30-28-23-21-19-17-15-13-11-9-7-2/h17,19,23,28,49H,6-16,18,20-22,24-27,29-48H2,1-5H3/p+1/b19-17-,28-23-. The lowest BCUT2D eigenvalue weighted by Gasteiger charge is -2.24. The van der Waals surface area contributed by atoms with Crippen molar-refractivity contribution in [3.05, 3.63) is 24.3 Å². The summed E-state index contributed by atoms with van der Waals surface area (Å²) in [6, 6.07) is 0. The number of phosphoric ester groups is 1. The summed E-state index contributed by atoms with van der Waals surface area (Å²) in [5.41, 5.74) is 0. The molecule has 8 nitrogen and oxygen atoms in total. The van der Waals surface area contributed by atoms with Crippen molar-refractivity contribution in [1.29, 1.82) is 0 Å². The molecule has 0 spiro atoms. The van der Waals surface area contributed by atoms with Crippen molar-refractivity contribution in [1.82, 2.24) is 0 Å². The van der Waals surface area contributed by atoms with Crippen molar-refractivity contribution in [3.8, 4) is 0 Å². The van der Waals surface area contributed by atoms with Crippen LogP contribution in [0, 0.1) is 0 Å². The van der Waals surface area contributed by atoms with Gasteiger partial charge in [0.1, 0.15) is 19.3 Å². The van der Waals surface area contributed by atoms with Gasteiger partial charge in [-0.25, -0.2) is 4.57 Å². The van der Waals surface area contributed by atoms with E-state index in [1.165, 1.54) is 167 Å². The number of phosphoric acid groups is 1. The van der Waals surface area contributed by atoms with E-state index in [1.54, 1.807) is 0 Å². The van der Waals surface area contributed by atoms with Gasteiger partial charge in [0.05, 0.1) is 34.4 Å². The Balaban J connectivity index is 4.14. The molecule has 0 fully saturated rings. The molecule has 0 aliphatic rings. The Hall–Kier alpha value is -1.02. The fourth-order valence-corrected chi connectivity index (χ4v) is 7.86. The highest BCUT2D eigenvalue weighted by molar-refractivity contribution is 7.47. The fraction of sp³-hybridized carbons (Fsp3) is 0.900. The van der Waals surface area contributed by atoms with E-state index < -0.39 is 13.9 Å². The van der Waals surface area contributed by atoms with Gasteiger partial charge in [-0.15, -0.1) is 0 Å².